The van der Waals surface area contributed by atoms with Gasteiger partial charge in [-0.2, -0.15) is 18.3 Å². The summed E-state index contributed by atoms with van der Waals surface area (Å²) in [4.78, 5) is 11.6. The lowest BCUT2D eigenvalue weighted by atomic mass is 10.0. The Labute approximate surface area is 108 Å². The molecule has 102 valence electrons. The van der Waals surface area contributed by atoms with Crippen LogP contribution in [0.3, 0.4) is 0 Å². The molecular weight excluding hydrogens is 257 g/mol. The number of hydrogen-bond acceptors (Lipinski definition) is 2. The van der Waals surface area contributed by atoms with Crippen molar-refractivity contribution in [1.82, 2.24) is 0 Å². The van der Waals surface area contributed by atoms with Gasteiger partial charge in [-0.25, -0.2) is 5.01 Å². The van der Waals surface area contributed by atoms with Crippen LogP contribution in [0.1, 0.15) is 31.7 Å². The molecule has 0 aliphatic carbocycles. The highest BCUT2D eigenvalue weighted by atomic mass is 19.4. The summed E-state index contributed by atoms with van der Waals surface area (Å²) < 4.78 is 37.6. The number of hydrazone groups is 1. The van der Waals surface area contributed by atoms with Crippen LogP contribution >= 0.6 is 0 Å². The fourth-order valence-electron chi connectivity index (χ4n) is 1.80. The zero-order chi connectivity index (χ0) is 14.2. The number of amides is 1. The monoisotopic (exact) mass is 270 g/mol. The summed E-state index contributed by atoms with van der Waals surface area (Å²) in [5.41, 5.74) is 0.267. The Kier molecular flexibility index (Phi) is 3.34. The second-order valence-corrected chi connectivity index (χ2v) is 4.68. The predicted molar refractivity (Wildman–Crippen MR) is 66.1 cm³/mol. The van der Waals surface area contributed by atoms with Crippen LogP contribution in [0, 0.1) is 0 Å². The fraction of sp³-hybridized carbons (Fsp3) is 0.385. The SMILES string of the molecule is CC(C)c1cccc(N2N=C(C(F)(F)F)CC2=O)c1. The van der Waals surface area contributed by atoms with Crippen LogP contribution in [0.4, 0.5) is 18.9 Å². The summed E-state index contributed by atoms with van der Waals surface area (Å²) in [5, 5.41) is 4.21. The molecule has 0 spiro atoms. The van der Waals surface area contributed by atoms with Gasteiger partial charge in [-0.05, 0) is 23.6 Å². The minimum absolute atomic E-state index is 0.226. The lowest BCUT2D eigenvalue weighted by molar-refractivity contribution is -0.117. The Morgan fingerprint density at radius 2 is 2.00 bits per heavy atom. The van der Waals surface area contributed by atoms with E-state index in [2.05, 4.69) is 5.10 Å². The van der Waals surface area contributed by atoms with E-state index in [9.17, 15) is 18.0 Å². The molecule has 3 nitrogen and oxygen atoms in total. The Bertz CT molecular complexity index is 535. The van der Waals surface area contributed by atoms with Gasteiger partial charge in [0.1, 0.15) is 0 Å². The smallest absolute Gasteiger partial charge is 0.272 e. The maximum atomic E-state index is 12.5. The van der Waals surface area contributed by atoms with Gasteiger partial charge < -0.3 is 0 Å². The van der Waals surface area contributed by atoms with Crippen molar-refractivity contribution in [3.05, 3.63) is 29.8 Å². The number of hydrogen-bond donors (Lipinski definition) is 0. The van der Waals surface area contributed by atoms with E-state index < -0.39 is 24.2 Å². The van der Waals surface area contributed by atoms with Crippen molar-refractivity contribution >= 4 is 17.3 Å². The number of carbonyl (C=O) groups is 1. The Morgan fingerprint density at radius 3 is 2.53 bits per heavy atom. The molecule has 2 rings (SSSR count). The lowest BCUT2D eigenvalue weighted by Gasteiger charge is -2.14. The van der Waals surface area contributed by atoms with Gasteiger partial charge in [0.2, 0.25) is 0 Å². The molecule has 1 aromatic rings. The van der Waals surface area contributed by atoms with E-state index in [1.54, 1.807) is 18.2 Å². The molecule has 0 radical (unpaired) electrons. The molecule has 1 aromatic carbocycles. The average Bonchev–Trinajstić information content (AvgIpc) is 2.71. The molecule has 0 saturated carbocycles. The molecule has 0 unspecified atom stereocenters. The van der Waals surface area contributed by atoms with Crippen molar-refractivity contribution in [3.63, 3.8) is 0 Å². The van der Waals surface area contributed by atoms with Crippen LogP contribution in [0.2, 0.25) is 0 Å². The van der Waals surface area contributed by atoms with Crippen LogP contribution in [-0.2, 0) is 4.79 Å². The van der Waals surface area contributed by atoms with Crippen molar-refractivity contribution < 1.29 is 18.0 Å². The summed E-state index contributed by atoms with van der Waals surface area (Å²) in [6, 6.07) is 6.83. The number of carbonyl (C=O) groups excluding carboxylic acids is 1. The summed E-state index contributed by atoms with van der Waals surface area (Å²) in [6.45, 7) is 3.94. The van der Waals surface area contributed by atoms with E-state index >= 15 is 0 Å². The van der Waals surface area contributed by atoms with E-state index in [1.807, 2.05) is 19.9 Å². The molecule has 1 amide bonds. The van der Waals surface area contributed by atoms with Crippen molar-refractivity contribution in [1.29, 1.82) is 0 Å². The minimum Gasteiger partial charge on any atom is -0.272 e. The highest BCUT2D eigenvalue weighted by Gasteiger charge is 2.42. The highest BCUT2D eigenvalue weighted by Crippen LogP contribution is 2.29. The van der Waals surface area contributed by atoms with Crippen LogP contribution < -0.4 is 5.01 Å². The topological polar surface area (TPSA) is 32.7 Å². The van der Waals surface area contributed by atoms with E-state index in [0.717, 1.165) is 10.6 Å². The number of anilines is 1. The number of rotatable bonds is 2. The summed E-state index contributed by atoms with van der Waals surface area (Å²) >= 11 is 0. The van der Waals surface area contributed by atoms with Gasteiger partial charge >= 0.3 is 6.18 Å². The molecule has 0 fully saturated rings. The fourth-order valence-corrected chi connectivity index (χ4v) is 1.80. The molecule has 0 bridgehead atoms. The van der Waals surface area contributed by atoms with Gasteiger partial charge in [0.25, 0.3) is 5.91 Å². The number of benzene rings is 1. The molecule has 1 aliphatic heterocycles. The average molecular weight is 270 g/mol. The zero-order valence-electron chi connectivity index (χ0n) is 10.5. The highest BCUT2D eigenvalue weighted by molar-refractivity contribution is 6.14. The molecule has 0 atom stereocenters. The van der Waals surface area contributed by atoms with Crippen molar-refractivity contribution in [2.75, 3.05) is 5.01 Å². The van der Waals surface area contributed by atoms with E-state index in [0.29, 0.717) is 5.69 Å². The molecule has 1 heterocycles. The first-order valence-electron chi connectivity index (χ1n) is 5.86. The summed E-state index contributed by atoms with van der Waals surface area (Å²) in [5.74, 6) is -0.433. The number of halogens is 3. The minimum atomic E-state index is -4.56. The quantitative estimate of drug-likeness (QED) is 0.810. The summed E-state index contributed by atoms with van der Waals surface area (Å²) in [6.07, 6.45) is -5.25. The predicted octanol–water partition coefficient (Wildman–Crippen LogP) is 3.47. The number of nitrogens with zero attached hydrogens (tertiary/aromatic N) is 2. The first-order valence-corrected chi connectivity index (χ1v) is 5.86. The molecule has 0 aromatic heterocycles. The Hall–Kier alpha value is -1.85. The third-order valence-corrected chi connectivity index (χ3v) is 2.88. The van der Waals surface area contributed by atoms with Gasteiger partial charge in [-0.15, -0.1) is 0 Å². The maximum Gasteiger partial charge on any atom is 0.431 e. The Balaban J connectivity index is 2.34. The standard InChI is InChI=1S/C13H13F3N2O/c1-8(2)9-4-3-5-10(6-9)18-12(19)7-11(17-18)13(14,15)16/h3-6,8H,7H2,1-2H3. The molecular formula is C13H13F3N2O. The van der Waals surface area contributed by atoms with Gasteiger partial charge in [0, 0.05) is 0 Å². The van der Waals surface area contributed by atoms with Crippen molar-refractivity contribution in [2.45, 2.75) is 32.4 Å². The largest absolute Gasteiger partial charge is 0.431 e. The third kappa shape index (κ3) is 2.77. The molecule has 1 aliphatic rings. The van der Waals surface area contributed by atoms with E-state index in [-0.39, 0.29) is 5.92 Å². The van der Waals surface area contributed by atoms with E-state index in [1.165, 1.54) is 0 Å². The van der Waals surface area contributed by atoms with Crippen LogP contribution in [-0.4, -0.2) is 17.8 Å². The van der Waals surface area contributed by atoms with E-state index in [4.69, 9.17) is 0 Å². The molecule has 0 saturated heterocycles. The maximum absolute atomic E-state index is 12.5. The third-order valence-electron chi connectivity index (χ3n) is 2.88. The molecule has 6 heteroatoms. The Morgan fingerprint density at radius 1 is 1.32 bits per heavy atom. The normalized spacial score (nSPS) is 16.2. The van der Waals surface area contributed by atoms with Crippen LogP contribution in [0.5, 0.6) is 0 Å². The first-order chi connectivity index (χ1) is 8.79. The molecule has 19 heavy (non-hydrogen) atoms. The van der Waals surface area contributed by atoms with Gasteiger partial charge in [-0.1, -0.05) is 26.0 Å². The van der Waals surface area contributed by atoms with Crippen molar-refractivity contribution in [3.8, 4) is 0 Å². The van der Waals surface area contributed by atoms with Gasteiger partial charge in [0.15, 0.2) is 5.71 Å². The van der Waals surface area contributed by atoms with Crippen LogP contribution in [0.15, 0.2) is 29.4 Å². The van der Waals surface area contributed by atoms with Gasteiger partial charge in [0.05, 0.1) is 12.1 Å². The van der Waals surface area contributed by atoms with Crippen LogP contribution in [0.25, 0.3) is 0 Å². The van der Waals surface area contributed by atoms with Crippen molar-refractivity contribution in [2.24, 2.45) is 5.10 Å². The molecule has 0 N–H and O–H groups in total. The van der Waals surface area contributed by atoms with Gasteiger partial charge in [-0.3, -0.25) is 4.79 Å². The second kappa shape index (κ2) is 4.68. The first kappa shape index (κ1) is 13.6. The number of alkyl halides is 3. The lowest BCUT2D eigenvalue weighted by Crippen LogP contribution is -2.22. The summed E-state index contributed by atoms with van der Waals surface area (Å²) in [7, 11) is 0. The zero-order valence-corrected chi connectivity index (χ0v) is 10.5. The second-order valence-electron chi connectivity index (χ2n) is 4.68.